The molecule has 26 heavy (non-hydrogen) atoms. The molecule has 0 saturated carbocycles. The Morgan fingerprint density at radius 1 is 1.00 bits per heavy atom. The molecule has 4 rings (SSSR count). The average Bonchev–Trinajstić information content (AvgIpc) is 2.96. The van der Waals surface area contributed by atoms with Gasteiger partial charge in [0, 0.05) is 27.8 Å². The van der Waals surface area contributed by atoms with Crippen LogP contribution in [0.4, 0.5) is 0 Å². The molecule has 2 aromatic carbocycles. The van der Waals surface area contributed by atoms with E-state index in [2.05, 4.69) is 28.8 Å². The number of benzene rings is 2. The molecular weight excluding hydrogens is 348 g/mol. The highest BCUT2D eigenvalue weighted by atomic mass is 32.2. The number of fused-ring (bicyclic) bond motifs is 3. The first-order valence-electron chi connectivity index (χ1n) is 9.15. The number of likely N-dealkylation sites (tertiary alicyclic amines) is 1. The molecule has 1 fully saturated rings. The van der Waals surface area contributed by atoms with Crippen molar-refractivity contribution in [2.45, 2.75) is 38.0 Å². The van der Waals surface area contributed by atoms with Crippen molar-refractivity contribution in [3.05, 3.63) is 48.5 Å². The molecule has 1 N–H and O–H groups in total. The summed E-state index contributed by atoms with van der Waals surface area (Å²) in [7, 11) is -2.47. The van der Waals surface area contributed by atoms with E-state index in [0.717, 1.165) is 36.8 Å². The zero-order chi connectivity index (χ0) is 18.1. The maximum absolute atomic E-state index is 11.2. The highest BCUT2D eigenvalue weighted by Gasteiger charge is 2.29. The lowest BCUT2D eigenvalue weighted by Crippen LogP contribution is -2.48. The van der Waals surface area contributed by atoms with Crippen LogP contribution in [0.15, 0.2) is 48.5 Å². The van der Waals surface area contributed by atoms with Crippen LogP contribution in [-0.4, -0.2) is 47.6 Å². The van der Waals surface area contributed by atoms with Gasteiger partial charge in [-0.1, -0.05) is 42.8 Å². The Bertz CT molecular complexity index is 934. The minimum absolute atomic E-state index is 0.0320. The molecule has 2 atom stereocenters. The van der Waals surface area contributed by atoms with Gasteiger partial charge in [0.25, 0.3) is 0 Å². The summed E-state index contributed by atoms with van der Waals surface area (Å²) < 4.78 is 24.6. The summed E-state index contributed by atoms with van der Waals surface area (Å²) >= 11 is 0. The monoisotopic (exact) mass is 372 g/mol. The lowest BCUT2D eigenvalue weighted by Gasteiger charge is -2.37. The van der Waals surface area contributed by atoms with Gasteiger partial charge in [-0.25, -0.2) is 8.42 Å². The molecule has 2 unspecified atom stereocenters. The first kappa shape index (κ1) is 17.5. The van der Waals surface area contributed by atoms with Gasteiger partial charge >= 0.3 is 0 Å². The van der Waals surface area contributed by atoms with Gasteiger partial charge < -0.3 is 9.67 Å². The van der Waals surface area contributed by atoms with E-state index in [1.807, 2.05) is 29.2 Å². The van der Waals surface area contributed by atoms with E-state index in [1.54, 1.807) is 0 Å². The van der Waals surface area contributed by atoms with Crippen LogP contribution in [-0.2, 0) is 17.2 Å². The predicted molar refractivity (Wildman–Crippen MR) is 105 cm³/mol. The largest absolute Gasteiger partial charge is 0.390 e. The second-order valence-corrected chi connectivity index (χ2v) is 8.01. The minimum atomic E-state index is -2.47. The van der Waals surface area contributed by atoms with E-state index >= 15 is 0 Å². The lowest BCUT2D eigenvalue weighted by atomic mass is 9.98. The van der Waals surface area contributed by atoms with E-state index < -0.39 is 16.8 Å². The standard InChI is InChI=1S/C20H24N2O3S/c23-20(19-11-5-6-12-21(19)14-26(24)25)13-22-17-9-3-1-7-15(17)16-8-2-4-10-18(16)22/h1-4,7-10,19-20,23,26H,5-6,11-14H2. The van der Waals surface area contributed by atoms with Crippen LogP contribution in [0.5, 0.6) is 0 Å². The molecule has 2 heterocycles. The molecule has 1 aliphatic heterocycles. The van der Waals surface area contributed by atoms with Gasteiger partial charge in [-0.3, -0.25) is 4.90 Å². The van der Waals surface area contributed by atoms with Crippen LogP contribution < -0.4 is 0 Å². The normalized spacial score (nSPS) is 20.2. The zero-order valence-electron chi connectivity index (χ0n) is 14.6. The van der Waals surface area contributed by atoms with Crippen LogP contribution in [0, 0.1) is 0 Å². The van der Waals surface area contributed by atoms with Crippen molar-refractivity contribution in [2.75, 3.05) is 12.4 Å². The predicted octanol–water partition coefficient (Wildman–Crippen LogP) is 2.58. The Kier molecular flexibility index (Phi) is 4.98. The van der Waals surface area contributed by atoms with E-state index in [4.69, 9.17) is 0 Å². The summed E-state index contributed by atoms with van der Waals surface area (Å²) in [6.45, 7) is 1.20. The summed E-state index contributed by atoms with van der Waals surface area (Å²) in [5, 5.41) is 13.3. The number of aliphatic hydroxyl groups excluding tert-OH is 1. The van der Waals surface area contributed by atoms with E-state index in [0.29, 0.717) is 6.54 Å². The van der Waals surface area contributed by atoms with Gasteiger partial charge in [0.15, 0.2) is 10.7 Å². The van der Waals surface area contributed by atoms with Crippen molar-refractivity contribution in [3.8, 4) is 0 Å². The van der Waals surface area contributed by atoms with E-state index in [9.17, 15) is 13.5 Å². The molecule has 0 bridgehead atoms. The van der Waals surface area contributed by atoms with Gasteiger partial charge in [-0.05, 0) is 31.5 Å². The van der Waals surface area contributed by atoms with Crippen LogP contribution in [0.3, 0.4) is 0 Å². The first-order chi connectivity index (χ1) is 12.6. The molecular formula is C20H24N2O3S. The smallest absolute Gasteiger partial charge is 0.153 e. The summed E-state index contributed by atoms with van der Waals surface area (Å²) in [6, 6.07) is 16.3. The zero-order valence-corrected chi connectivity index (χ0v) is 15.5. The maximum Gasteiger partial charge on any atom is 0.153 e. The number of hydrogen-bond acceptors (Lipinski definition) is 4. The number of nitrogens with zero attached hydrogens (tertiary/aromatic N) is 2. The molecule has 0 radical (unpaired) electrons. The van der Waals surface area contributed by atoms with Crippen LogP contribution >= 0.6 is 0 Å². The molecule has 1 aliphatic rings. The highest BCUT2D eigenvalue weighted by Crippen LogP contribution is 2.30. The third kappa shape index (κ3) is 3.24. The van der Waals surface area contributed by atoms with Gasteiger partial charge in [-0.2, -0.15) is 0 Å². The number of hydrogen-bond donors (Lipinski definition) is 2. The van der Waals surface area contributed by atoms with Gasteiger partial charge in [0.1, 0.15) is 0 Å². The SMILES string of the molecule is O=[SH](=O)CN1CCCCC1C(O)Cn1c2ccccc2c2ccccc21. The highest BCUT2D eigenvalue weighted by molar-refractivity contribution is 7.72. The molecule has 0 spiro atoms. The summed E-state index contributed by atoms with van der Waals surface area (Å²) in [6.07, 6.45) is 2.24. The Morgan fingerprint density at radius 3 is 2.23 bits per heavy atom. The maximum atomic E-state index is 11.2. The van der Waals surface area contributed by atoms with Crippen molar-refractivity contribution in [1.29, 1.82) is 0 Å². The molecule has 1 saturated heterocycles. The van der Waals surface area contributed by atoms with Crippen LogP contribution in [0.1, 0.15) is 19.3 Å². The molecule has 5 nitrogen and oxygen atoms in total. The van der Waals surface area contributed by atoms with E-state index in [-0.39, 0.29) is 11.9 Å². The minimum Gasteiger partial charge on any atom is -0.390 e. The molecule has 138 valence electrons. The number of rotatable bonds is 5. The third-order valence-corrected chi connectivity index (χ3v) is 6.05. The summed E-state index contributed by atoms with van der Waals surface area (Å²) in [4.78, 5) is 1.92. The Hall–Kier alpha value is -1.89. The average molecular weight is 372 g/mol. The van der Waals surface area contributed by atoms with Crippen molar-refractivity contribution in [3.63, 3.8) is 0 Å². The molecule has 0 aliphatic carbocycles. The van der Waals surface area contributed by atoms with Crippen molar-refractivity contribution in [2.24, 2.45) is 0 Å². The Morgan fingerprint density at radius 2 is 1.62 bits per heavy atom. The van der Waals surface area contributed by atoms with Gasteiger partial charge in [0.2, 0.25) is 0 Å². The third-order valence-electron chi connectivity index (χ3n) is 5.46. The number of piperidine rings is 1. The fraction of sp³-hybridized carbons (Fsp3) is 0.400. The molecule has 0 amide bonds. The lowest BCUT2D eigenvalue weighted by molar-refractivity contribution is 0.0279. The fourth-order valence-electron chi connectivity index (χ4n) is 4.29. The topological polar surface area (TPSA) is 62.5 Å². The van der Waals surface area contributed by atoms with Crippen molar-refractivity contribution >= 4 is 32.5 Å². The first-order valence-corrected chi connectivity index (χ1v) is 10.5. The number of thiol groups is 1. The molecule has 3 aromatic rings. The van der Waals surface area contributed by atoms with Crippen LogP contribution in [0.25, 0.3) is 21.8 Å². The second kappa shape index (κ2) is 7.39. The van der Waals surface area contributed by atoms with Gasteiger partial charge in [-0.15, -0.1) is 0 Å². The van der Waals surface area contributed by atoms with Crippen LogP contribution in [0.2, 0.25) is 0 Å². The Balaban J connectivity index is 1.69. The van der Waals surface area contributed by atoms with Crippen molar-refractivity contribution in [1.82, 2.24) is 9.47 Å². The summed E-state index contributed by atoms with van der Waals surface area (Å²) in [5.41, 5.74) is 2.20. The second-order valence-electron chi connectivity index (χ2n) is 7.06. The van der Waals surface area contributed by atoms with Crippen molar-refractivity contribution < 1.29 is 13.5 Å². The van der Waals surface area contributed by atoms with E-state index in [1.165, 1.54) is 10.8 Å². The number of aromatic nitrogens is 1. The molecule has 1 aromatic heterocycles. The summed E-state index contributed by atoms with van der Waals surface area (Å²) in [5.74, 6) is 0.0320. The molecule has 6 heteroatoms. The quantitative estimate of drug-likeness (QED) is 0.676. The Labute approximate surface area is 154 Å². The number of aliphatic hydroxyl groups is 1. The fourth-order valence-corrected chi connectivity index (χ4v) is 4.93. The van der Waals surface area contributed by atoms with Gasteiger partial charge in [0.05, 0.1) is 18.5 Å². The number of para-hydroxylation sites is 2.